The number of allylic oxidation sites excluding steroid dienone is 1. The first-order chi connectivity index (χ1) is 7.18. The van der Waals surface area contributed by atoms with Crippen LogP contribution in [0.15, 0.2) is 17.4 Å². The molecule has 1 heterocycles. The highest BCUT2D eigenvalue weighted by Crippen LogP contribution is 2.06. The summed E-state index contributed by atoms with van der Waals surface area (Å²) in [6.07, 6.45) is 6.49. The van der Waals surface area contributed by atoms with Crippen molar-refractivity contribution in [1.29, 1.82) is 0 Å². The molecular weight excluding hydrogens is 196 g/mol. The molecule has 82 valence electrons. The molecule has 1 aliphatic rings. The highest BCUT2D eigenvalue weighted by atomic mass is 16.2. The maximum atomic E-state index is 11.1. The molecule has 3 N–H and O–H groups in total. The van der Waals surface area contributed by atoms with E-state index in [-0.39, 0.29) is 5.78 Å². The third kappa shape index (κ3) is 4.80. The fraction of sp³-hybridized carbons (Fsp3) is 0.444. The summed E-state index contributed by atoms with van der Waals surface area (Å²) < 4.78 is 0. The van der Waals surface area contributed by atoms with Gasteiger partial charge in [-0.15, -0.1) is 0 Å². The highest BCUT2D eigenvalue weighted by Gasteiger charge is 2.06. The standard InChI is InChI=1S/C9H14N4O2/c10-9(15)12-11-7-8(14)3-6-13-4-1-2-5-13/h3,6-7H,1-2,4-5H2,(H3,10,12,15)/b6-3+,11-7-. The van der Waals surface area contributed by atoms with Gasteiger partial charge in [0, 0.05) is 25.4 Å². The molecule has 6 nitrogen and oxygen atoms in total. The lowest BCUT2D eigenvalue weighted by Gasteiger charge is -2.08. The van der Waals surface area contributed by atoms with Crippen LogP contribution < -0.4 is 11.2 Å². The number of nitrogens with zero attached hydrogens (tertiary/aromatic N) is 2. The number of carbonyl (C=O) groups excluding carboxylic acids is 2. The van der Waals surface area contributed by atoms with Crippen LogP contribution in [0, 0.1) is 0 Å². The third-order valence-corrected chi connectivity index (χ3v) is 1.96. The maximum Gasteiger partial charge on any atom is 0.332 e. The topological polar surface area (TPSA) is 87.8 Å². The van der Waals surface area contributed by atoms with Gasteiger partial charge in [0.1, 0.15) is 0 Å². The van der Waals surface area contributed by atoms with E-state index >= 15 is 0 Å². The number of rotatable bonds is 4. The van der Waals surface area contributed by atoms with Crippen LogP contribution in [0.5, 0.6) is 0 Å². The Morgan fingerprint density at radius 2 is 2.00 bits per heavy atom. The van der Waals surface area contributed by atoms with Crippen LogP contribution in [0.2, 0.25) is 0 Å². The van der Waals surface area contributed by atoms with Gasteiger partial charge in [0.15, 0.2) is 5.78 Å². The van der Waals surface area contributed by atoms with E-state index in [0.29, 0.717) is 0 Å². The monoisotopic (exact) mass is 210 g/mol. The van der Waals surface area contributed by atoms with Gasteiger partial charge in [-0.3, -0.25) is 4.79 Å². The minimum atomic E-state index is -0.789. The van der Waals surface area contributed by atoms with Crippen molar-refractivity contribution in [3.63, 3.8) is 0 Å². The molecule has 0 unspecified atom stereocenters. The van der Waals surface area contributed by atoms with E-state index in [1.54, 1.807) is 6.20 Å². The number of hydrogen-bond donors (Lipinski definition) is 2. The molecule has 15 heavy (non-hydrogen) atoms. The zero-order chi connectivity index (χ0) is 11.1. The van der Waals surface area contributed by atoms with Crippen molar-refractivity contribution in [3.8, 4) is 0 Å². The third-order valence-electron chi connectivity index (χ3n) is 1.96. The van der Waals surface area contributed by atoms with Crippen molar-refractivity contribution in [2.45, 2.75) is 12.8 Å². The van der Waals surface area contributed by atoms with Gasteiger partial charge >= 0.3 is 6.03 Å². The predicted molar refractivity (Wildman–Crippen MR) is 56.2 cm³/mol. The van der Waals surface area contributed by atoms with Gasteiger partial charge in [0.05, 0.1) is 6.21 Å². The van der Waals surface area contributed by atoms with E-state index in [0.717, 1.165) is 32.1 Å². The summed E-state index contributed by atoms with van der Waals surface area (Å²) in [7, 11) is 0. The number of urea groups is 1. The number of primary amides is 1. The number of nitrogens with two attached hydrogens (primary N) is 1. The number of nitrogens with one attached hydrogen (secondary N) is 1. The molecular formula is C9H14N4O2. The molecule has 0 aromatic rings. The van der Waals surface area contributed by atoms with E-state index in [9.17, 15) is 9.59 Å². The first kappa shape index (κ1) is 11.2. The lowest BCUT2D eigenvalue weighted by molar-refractivity contribution is -0.108. The van der Waals surface area contributed by atoms with Gasteiger partial charge in [0.25, 0.3) is 0 Å². The summed E-state index contributed by atoms with van der Waals surface area (Å²) in [6.45, 7) is 1.97. The molecule has 0 aromatic carbocycles. The van der Waals surface area contributed by atoms with Crippen LogP contribution >= 0.6 is 0 Å². The molecule has 1 saturated heterocycles. The van der Waals surface area contributed by atoms with Crippen LogP contribution in [-0.4, -0.2) is 36.0 Å². The summed E-state index contributed by atoms with van der Waals surface area (Å²) in [5, 5.41) is 3.35. The molecule has 0 atom stereocenters. The quantitative estimate of drug-likeness (QED) is 0.383. The van der Waals surface area contributed by atoms with Crippen LogP contribution in [0.3, 0.4) is 0 Å². The number of amides is 2. The molecule has 1 aliphatic heterocycles. The number of ketones is 1. The average Bonchev–Trinajstić information content (AvgIpc) is 2.66. The van der Waals surface area contributed by atoms with E-state index in [4.69, 9.17) is 5.73 Å². The number of carbonyl (C=O) groups is 2. The molecule has 0 saturated carbocycles. The summed E-state index contributed by atoms with van der Waals surface area (Å²) in [4.78, 5) is 23.4. The first-order valence-corrected chi connectivity index (χ1v) is 4.73. The number of likely N-dealkylation sites (tertiary alicyclic amines) is 1. The second kappa shape index (κ2) is 5.79. The van der Waals surface area contributed by atoms with Gasteiger partial charge in [-0.25, -0.2) is 10.2 Å². The Morgan fingerprint density at radius 1 is 1.33 bits per heavy atom. The van der Waals surface area contributed by atoms with Crippen molar-refractivity contribution in [3.05, 3.63) is 12.3 Å². The van der Waals surface area contributed by atoms with Crippen molar-refractivity contribution in [2.75, 3.05) is 13.1 Å². The Kier molecular flexibility index (Phi) is 4.33. The smallest absolute Gasteiger partial charge is 0.332 e. The minimum absolute atomic E-state index is 0.282. The summed E-state index contributed by atoms with van der Waals surface area (Å²) in [5.74, 6) is -0.282. The Hall–Kier alpha value is -1.85. The number of hydrogen-bond acceptors (Lipinski definition) is 4. The molecule has 1 fully saturated rings. The molecule has 2 amide bonds. The molecule has 6 heteroatoms. The summed E-state index contributed by atoms with van der Waals surface area (Å²) in [6, 6.07) is -0.789. The van der Waals surface area contributed by atoms with Gasteiger partial charge in [-0.2, -0.15) is 5.10 Å². The molecule has 0 aliphatic carbocycles. The van der Waals surface area contributed by atoms with Crippen LogP contribution in [0.4, 0.5) is 4.79 Å². The largest absolute Gasteiger partial charge is 0.377 e. The first-order valence-electron chi connectivity index (χ1n) is 4.73. The van der Waals surface area contributed by atoms with Gasteiger partial charge in [0.2, 0.25) is 0 Å². The molecule has 0 spiro atoms. The van der Waals surface area contributed by atoms with Crippen LogP contribution in [0.1, 0.15) is 12.8 Å². The Labute approximate surface area is 87.8 Å². The fourth-order valence-corrected chi connectivity index (χ4v) is 1.27. The van der Waals surface area contributed by atoms with Gasteiger partial charge in [-0.1, -0.05) is 0 Å². The lowest BCUT2D eigenvalue weighted by atomic mass is 10.4. The Balaban J connectivity index is 2.28. The highest BCUT2D eigenvalue weighted by molar-refractivity contribution is 6.32. The SMILES string of the molecule is NC(=O)N/N=C\C(=O)/C=C/N1CCCC1. The summed E-state index contributed by atoms with van der Waals surface area (Å²) in [5.41, 5.74) is 6.70. The van der Waals surface area contributed by atoms with E-state index in [2.05, 4.69) is 10.0 Å². The Bertz CT molecular complexity index is 292. The minimum Gasteiger partial charge on any atom is -0.377 e. The van der Waals surface area contributed by atoms with Gasteiger partial charge in [-0.05, 0) is 12.8 Å². The maximum absolute atomic E-state index is 11.1. The second-order valence-electron chi connectivity index (χ2n) is 3.20. The van der Waals surface area contributed by atoms with Crippen LogP contribution in [-0.2, 0) is 4.79 Å². The average molecular weight is 210 g/mol. The molecule has 0 aromatic heterocycles. The fourth-order valence-electron chi connectivity index (χ4n) is 1.27. The van der Waals surface area contributed by atoms with Crippen molar-refractivity contribution < 1.29 is 9.59 Å². The zero-order valence-corrected chi connectivity index (χ0v) is 8.35. The van der Waals surface area contributed by atoms with Gasteiger partial charge < -0.3 is 10.6 Å². The second-order valence-corrected chi connectivity index (χ2v) is 3.20. The van der Waals surface area contributed by atoms with Crippen molar-refractivity contribution in [1.82, 2.24) is 10.3 Å². The normalized spacial score (nSPS) is 16.4. The Morgan fingerprint density at radius 3 is 2.60 bits per heavy atom. The van der Waals surface area contributed by atoms with E-state index in [1.807, 2.05) is 5.43 Å². The molecule has 1 rings (SSSR count). The summed E-state index contributed by atoms with van der Waals surface area (Å²) >= 11 is 0. The lowest BCUT2D eigenvalue weighted by Crippen LogP contribution is -2.24. The molecule has 0 bridgehead atoms. The van der Waals surface area contributed by atoms with E-state index < -0.39 is 6.03 Å². The zero-order valence-electron chi connectivity index (χ0n) is 8.35. The number of hydrazone groups is 1. The van der Waals surface area contributed by atoms with Crippen molar-refractivity contribution in [2.24, 2.45) is 10.8 Å². The van der Waals surface area contributed by atoms with Crippen molar-refractivity contribution >= 4 is 18.0 Å². The predicted octanol–water partition coefficient (Wildman–Crippen LogP) is -0.181. The van der Waals surface area contributed by atoms with E-state index in [1.165, 1.54) is 6.08 Å². The van der Waals surface area contributed by atoms with Crippen LogP contribution in [0.25, 0.3) is 0 Å². The molecule has 0 radical (unpaired) electrons.